The minimum absolute atomic E-state index is 0.211. The van der Waals surface area contributed by atoms with Crippen molar-refractivity contribution in [2.45, 2.75) is 32.6 Å². The Morgan fingerprint density at radius 2 is 2.25 bits per heavy atom. The van der Waals surface area contributed by atoms with Gasteiger partial charge in [0, 0.05) is 0 Å². The van der Waals surface area contributed by atoms with Crippen LogP contribution in [0.4, 0.5) is 0 Å². The van der Waals surface area contributed by atoms with Crippen molar-refractivity contribution in [3.05, 3.63) is 6.42 Å². The molecule has 2 N–H and O–H groups in total. The van der Waals surface area contributed by atoms with Crippen molar-refractivity contribution in [1.29, 1.82) is 0 Å². The number of unbranched alkanes of at least 4 members (excludes halogenated alkanes) is 2. The van der Waals surface area contributed by atoms with Gasteiger partial charge in [0.1, 0.15) is 0 Å². The number of rotatable bonds is 7. The van der Waals surface area contributed by atoms with Crippen molar-refractivity contribution in [3.8, 4) is 0 Å². The standard InChI is InChI=1S/C9H18NO2/c1-2-3-8-12-9(11)6-4-5-7-10/h6H,2-5,7-8,10H2,1H3. The molecule has 0 heterocycles. The van der Waals surface area contributed by atoms with Crippen LogP contribution < -0.4 is 5.73 Å². The fraction of sp³-hybridized carbons (Fsp3) is 0.778. The lowest BCUT2D eigenvalue weighted by atomic mass is 10.2. The molecule has 0 aliphatic heterocycles. The third kappa shape index (κ3) is 7.54. The maximum Gasteiger partial charge on any atom is 0.309 e. The molecule has 0 fully saturated rings. The van der Waals surface area contributed by atoms with E-state index in [0.717, 1.165) is 25.7 Å². The predicted octanol–water partition coefficient (Wildman–Crippen LogP) is 1.27. The molecule has 1 radical (unpaired) electrons. The zero-order valence-corrected chi connectivity index (χ0v) is 7.71. The van der Waals surface area contributed by atoms with E-state index in [-0.39, 0.29) is 5.97 Å². The molecule has 0 aromatic carbocycles. The molecule has 0 saturated heterocycles. The second kappa shape index (κ2) is 8.53. The van der Waals surface area contributed by atoms with Crippen molar-refractivity contribution < 1.29 is 9.53 Å². The van der Waals surface area contributed by atoms with Crippen LogP contribution in [-0.2, 0) is 9.53 Å². The Kier molecular flexibility index (Phi) is 8.12. The quantitative estimate of drug-likeness (QED) is 0.465. The molecule has 0 aliphatic rings. The van der Waals surface area contributed by atoms with Gasteiger partial charge in [-0.1, -0.05) is 13.3 Å². The fourth-order valence-corrected chi connectivity index (χ4v) is 0.714. The van der Waals surface area contributed by atoms with Gasteiger partial charge < -0.3 is 10.5 Å². The number of carbonyl (C=O) groups excluding carboxylic acids is 1. The largest absolute Gasteiger partial charge is 0.465 e. The summed E-state index contributed by atoms with van der Waals surface area (Å²) in [6.45, 7) is 3.22. The van der Waals surface area contributed by atoms with Crippen molar-refractivity contribution in [2.24, 2.45) is 5.73 Å². The summed E-state index contributed by atoms with van der Waals surface area (Å²) in [5.41, 5.74) is 5.26. The van der Waals surface area contributed by atoms with Gasteiger partial charge in [-0.2, -0.15) is 0 Å². The van der Waals surface area contributed by atoms with Crippen molar-refractivity contribution in [3.63, 3.8) is 0 Å². The molecule has 3 nitrogen and oxygen atoms in total. The topological polar surface area (TPSA) is 52.3 Å². The normalized spacial score (nSPS) is 9.83. The monoisotopic (exact) mass is 172 g/mol. The Hall–Kier alpha value is -0.570. The van der Waals surface area contributed by atoms with Crippen LogP contribution in [-0.4, -0.2) is 19.1 Å². The van der Waals surface area contributed by atoms with E-state index in [1.54, 1.807) is 6.42 Å². The minimum atomic E-state index is -0.211. The molecular formula is C9H18NO2. The SMILES string of the molecule is CCCCOC(=O)[CH]CCCN. The van der Waals surface area contributed by atoms with E-state index in [0.29, 0.717) is 13.2 Å². The lowest BCUT2D eigenvalue weighted by Crippen LogP contribution is -2.07. The third-order valence-electron chi connectivity index (χ3n) is 1.46. The van der Waals surface area contributed by atoms with Crippen LogP contribution in [0.1, 0.15) is 32.6 Å². The van der Waals surface area contributed by atoms with Crippen molar-refractivity contribution in [2.75, 3.05) is 13.2 Å². The molecule has 3 heteroatoms. The highest BCUT2D eigenvalue weighted by Crippen LogP contribution is 1.96. The summed E-state index contributed by atoms with van der Waals surface area (Å²) < 4.78 is 4.89. The van der Waals surface area contributed by atoms with Gasteiger partial charge in [-0.15, -0.1) is 0 Å². The highest BCUT2D eigenvalue weighted by atomic mass is 16.5. The van der Waals surface area contributed by atoms with Gasteiger partial charge in [0.25, 0.3) is 0 Å². The lowest BCUT2D eigenvalue weighted by Gasteiger charge is -2.02. The van der Waals surface area contributed by atoms with Gasteiger partial charge in [-0.3, -0.25) is 4.79 Å². The number of esters is 1. The lowest BCUT2D eigenvalue weighted by molar-refractivity contribution is -0.139. The van der Waals surface area contributed by atoms with E-state index in [2.05, 4.69) is 6.92 Å². The minimum Gasteiger partial charge on any atom is -0.465 e. The number of nitrogens with two attached hydrogens (primary N) is 1. The van der Waals surface area contributed by atoms with Crippen LogP contribution in [0, 0.1) is 6.42 Å². The molecule has 0 amide bonds. The van der Waals surface area contributed by atoms with Crippen LogP contribution in [0.25, 0.3) is 0 Å². The molecule has 0 saturated carbocycles. The van der Waals surface area contributed by atoms with Crippen LogP contribution in [0.3, 0.4) is 0 Å². The molecular weight excluding hydrogens is 154 g/mol. The van der Waals surface area contributed by atoms with Gasteiger partial charge in [-0.25, -0.2) is 0 Å². The second-order valence-corrected chi connectivity index (χ2v) is 2.66. The third-order valence-corrected chi connectivity index (χ3v) is 1.46. The molecule has 0 rings (SSSR count). The van der Waals surface area contributed by atoms with E-state index in [9.17, 15) is 4.79 Å². The molecule has 0 unspecified atom stereocenters. The maximum absolute atomic E-state index is 10.9. The summed E-state index contributed by atoms with van der Waals surface area (Å²) in [4.78, 5) is 10.9. The molecule has 71 valence electrons. The first-order chi connectivity index (χ1) is 5.81. The van der Waals surface area contributed by atoms with E-state index < -0.39 is 0 Å². The van der Waals surface area contributed by atoms with Crippen LogP contribution in [0.2, 0.25) is 0 Å². The molecule has 0 aromatic heterocycles. The summed E-state index contributed by atoms with van der Waals surface area (Å²) >= 11 is 0. The van der Waals surface area contributed by atoms with E-state index >= 15 is 0 Å². The Balaban J connectivity index is 3.10. The number of hydrogen-bond acceptors (Lipinski definition) is 3. The van der Waals surface area contributed by atoms with Crippen LogP contribution in [0.15, 0.2) is 0 Å². The molecule has 0 aromatic rings. The summed E-state index contributed by atoms with van der Waals surface area (Å²) in [7, 11) is 0. The van der Waals surface area contributed by atoms with Gasteiger partial charge in [-0.05, 0) is 25.8 Å². The molecule has 0 atom stereocenters. The van der Waals surface area contributed by atoms with E-state index in [4.69, 9.17) is 10.5 Å². The molecule has 0 spiro atoms. The molecule has 12 heavy (non-hydrogen) atoms. The van der Waals surface area contributed by atoms with Crippen LogP contribution in [0.5, 0.6) is 0 Å². The predicted molar refractivity (Wildman–Crippen MR) is 48.5 cm³/mol. The fourth-order valence-electron chi connectivity index (χ4n) is 0.714. The zero-order chi connectivity index (χ0) is 9.23. The number of hydrogen-bond donors (Lipinski definition) is 1. The summed E-state index contributed by atoms with van der Waals surface area (Å²) in [5.74, 6) is -0.211. The first-order valence-electron chi connectivity index (χ1n) is 4.51. The zero-order valence-electron chi connectivity index (χ0n) is 7.71. The van der Waals surface area contributed by atoms with Gasteiger partial charge in [0.05, 0.1) is 13.0 Å². The van der Waals surface area contributed by atoms with Gasteiger partial charge >= 0.3 is 5.97 Å². The highest BCUT2D eigenvalue weighted by molar-refractivity contribution is 5.78. The van der Waals surface area contributed by atoms with Crippen molar-refractivity contribution >= 4 is 5.97 Å². The van der Waals surface area contributed by atoms with Gasteiger partial charge in [0.15, 0.2) is 0 Å². The smallest absolute Gasteiger partial charge is 0.309 e. The summed E-state index contributed by atoms with van der Waals surface area (Å²) in [6, 6.07) is 0. The maximum atomic E-state index is 10.9. The van der Waals surface area contributed by atoms with Crippen LogP contribution >= 0.6 is 0 Å². The van der Waals surface area contributed by atoms with Gasteiger partial charge in [0.2, 0.25) is 0 Å². The Bertz CT molecular complexity index is 103. The van der Waals surface area contributed by atoms with E-state index in [1.807, 2.05) is 0 Å². The molecule has 0 aliphatic carbocycles. The summed E-state index contributed by atoms with van der Waals surface area (Å²) in [5, 5.41) is 0. The Labute approximate surface area is 74.3 Å². The average Bonchev–Trinajstić information content (AvgIpc) is 2.06. The average molecular weight is 172 g/mol. The Morgan fingerprint density at radius 1 is 1.50 bits per heavy atom. The summed E-state index contributed by atoms with van der Waals surface area (Å²) in [6.07, 6.45) is 5.12. The number of carbonyl (C=O) groups is 1. The number of ether oxygens (including phenoxy) is 1. The first-order valence-corrected chi connectivity index (χ1v) is 4.51. The van der Waals surface area contributed by atoms with E-state index in [1.165, 1.54) is 0 Å². The second-order valence-electron chi connectivity index (χ2n) is 2.66. The Morgan fingerprint density at radius 3 is 2.83 bits per heavy atom. The molecule has 0 bridgehead atoms. The highest BCUT2D eigenvalue weighted by Gasteiger charge is 2.01. The first kappa shape index (κ1) is 11.4. The van der Waals surface area contributed by atoms with Crippen molar-refractivity contribution in [1.82, 2.24) is 0 Å².